The van der Waals surface area contributed by atoms with E-state index in [1.54, 1.807) is 24.4 Å². The zero-order chi connectivity index (χ0) is 12.3. The Morgan fingerprint density at radius 3 is 2.94 bits per heavy atom. The topological polar surface area (TPSA) is 59.4 Å². The van der Waals surface area contributed by atoms with Gasteiger partial charge in [0.25, 0.3) is 0 Å². The third kappa shape index (κ3) is 2.36. The van der Waals surface area contributed by atoms with Crippen molar-refractivity contribution < 1.29 is 14.6 Å². The molecule has 0 amide bonds. The number of hydrogen-bond donors (Lipinski definition) is 1. The molecule has 0 saturated carbocycles. The predicted octanol–water partition coefficient (Wildman–Crippen LogP) is 2.26. The molecule has 88 valence electrons. The highest BCUT2D eigenvalue weighted by Gasteiger charge is 2.09. The Labute approximate surface area is 98.9 Å². The molecule has 0 aliphatic heterocycles. The van der Waals surface area contributed by atoms with Gasteiger partial charge >= 0.3 is 5.97 Å². The van der Waals surface area contributed by atoms with Gasteiger partial charge < -0.3 is 9.84 Å². The molecule has 4 nitrogen and oxygen atoms in total. The van der Waals surface area contributed by atoms with Crippen molar-refractivity contribution in [2.75, 3.05) is 6.61 Å². The number of benzene rings is 1. The normalized spacial score (nSPS) is 10.4. The van der Waals surface area contributed by atoms with Gasteiger partial charge in [-0.3, -0.25) is 9.78 Å². The first-order chi connectivity index (χ1) is 8.22. The maximum atomic E-state index is 10.8. The van der Waals surface area contributed by atoms with Crippen LogP contribution in [0.5, 0.6) is 5.75 Å². The highest BCUT2D eigenvalue weighted by Crippen LogP contribution is 2.26. The van der Waals surface area contributed by atoms with E-state index in [2.05, 4.69) is 4.98 Å². The zero-order valence-corrected chi connectivity index (χ0v) is 9.51. The molecule has 1 aromatic carbocycles. The molecular weight excluding hydrogens is 218 g/mol. The Bertz CT molecular complexity index is 551. The van der Waals surface area contributed by atoms with Gasteiger partial charge in [-0.2, -0.15) is 0 Å². The average molecular weight is 231 g/mol. The Balaban J connectivity index is 2.57. The van der Waals surface area contributed by atoms with Crippen molar-refractivity contribution >= 4 is 16.9 Å². The first-order valence-electron chi connectivity index (χ1n) is 5.43. The van der Waals surface area contributed by atoms with E-state index in [9.17, 15) is 4.79 Å². The summed E-state index contributed by atoms with van der Waals surface area (Å²) in [6.45, 7) is 2.46. The minimum atomic E-state index is -0.848. The summed E-state index contributed by atoms with van der Waals surface area (Å²) in [4.78, 5) is 15.0. The summed E-state index contributed by atoms with van der Waals surface area (Å²) in [5, 5.41) is 9.68. The van der Waals surface area contributed by atoms with Crippen molar-refractivity contribution in [3.8, 4) is 5.75 Å². The van der Waals surface area contributed by atoms with Crippen LogP contribution in [0.2, 0.25) is 0 Å². The van der Waals surface area contributed by atoms with Crippen molar-refractivity contribution in [2.45, 2.75) is 13.3 Å². The van der Waals surface area contributed by atoms with Crippen molar-refractivity contribution in [3.63, 3.8) is 0 Å². The standard InChI is InChI=1S/C13H13NO3/c1-2-17-11-6-5-9(8-12(15)16)10-4-3-7-14-13(10)11/h3-7H,2,8H2,1H3,(H,15,16). The summed E-state index contributed by atoms with van der Waals surface area (Å²) in [6.07, 6.45) is 1.67. The summed E-state index contributed by atoms with van der Waals surface area (Å²) in [7, 11) is 0. The van der Waals surface area contributed by atoms with Crippen molar-refractivity contribution in [1.82, 2.24) is 4.98 Å². The second-order valence-electron chi connectivity index (χ2n) is 3.63. The number of pyridine rings is 1. The highest BCUT2D eigenvalue weighted by atomic mass is 16.5. The Morgan fingerprint density at radius 1 is 1.41 bits per heavy atom. The van der Waals surface area contributed by atoms with Crippen LogP contribution in [-0.4, -0.2) is 22.7 Å². The van der Waals surface area contributed by atoms with Crippen molar-refractivity contribution in [3.05, 3.63) is 36.0 Å². The van der Waals surface area contributed by atoms with Crippen LogP contribution in [0.4, 0.5) is 0 Å². The molecule has 0 radical (unpaired) electrons. The Kier molecular flexibility index (Phi) is 3.23. The molecule has 1 aromatic heterocycles. The molecule has 0 fully saturated rings. The lowest BCUT2D eigenvalue weighted by molar-refractivity contribution is -0.136. The third-order valence-electron chi connectivity index (χ3n) is 2.46. The summed E-state index contributed by atoms with van der Waals surface area (Å²) >= 11 is 0. The summed E-state index contributed by atoms with van der Waals surface area (Å²) in [5.41, 5.74) is 1.47. The molecule has 0 atom stereocenters. The number of carboxylic acid groups (broad SMARTS) is 1. The monoisotopic (exact) mass is 231 g/mol. The van der Waals surface area contributed by atoms with Crippen LogP contribution in [0, 0.1) is 0 Å². The van der Waals surface area contributed by atoms with Gasteiger partial charge in [-0.05, 0) is 24.6 Å². The van der Waals surface area contributed by atoms with E-state index >= 15 is 0 Å². The van der Waals surface area contributed by atoms with Gasteiger partial charge in [0.2, 0.25) is 0 Å². The molecule has 2 rings (SSSR count). The quantitative estimate of drug-likeness (QED) is 0.876. The van der Waals surface area contributed by atoms with E-state index in [0.717, 1.165) is 10.9 Å². The number of carboxylic acids is 1. The van der Waals surface area contributed by atoms with Crippen LogP contribution in [0.25, 0.3) is 10.9 Å². The van der Waals surface area contributed by atoms with Gasteiger partial charge in [0.05, 0.1) is 13.0 Å². The van der Waals surface area contributed by atoms with E-state index in [4.69, 9.17) is 9.84 Å². The average Bonchev–Trinajstić information content (AvgIpc) is 2.32. The Morgan fingerprint density at radius 2 is 2.24 bits per heavy atom. The molecule has 17 heavy (non-hydrogen) atoms. The zero-order valence-electron chi connectivity index (χ0n) is 9.51. The maximum Gasteiger partial charge on any atom is 0.307 e. The SMILES string of the molecule is CCOc1ccc(CC(=O)O)c2cccnc12. The number of aliphatic carboxylic acids is 1. The lowest BCUT2D eigenvalue weighted by atomic mass is 10.1. The minimum Gasteiger partial charge on any atom is -0.492 e. The number of aromatic nitrogens is 1. The van der Waals surface area contributed by atoms with Gasteiger partial charge in [0.1, 0.15) is 11.3 Å². The molecule has 0 saturated heterocycles. The van der Waals surface area contributed by atoms with Gasteiger partial charge in [-0.15, -0.1) is 0 Å². The van der Waals surface area contributed by atoms with Gasteiger partial charge in [-0.1, -0.05) is 12.1 Å². The smallest absolute Gasteiger partial charge is 0.307 e. The van der Waals surface area contributed by atoms with Crippen molar-refractivity contribution in [1.29, 1.82) is 0 Å². The molecule has 2 aromatic rings. The fraction of sp³-hybridized carbons (Fsp3) is 0.231. The fourth-order valence-corrected chi connectivity index (χ4v) is 1.79. The maximum absolute atomic E-state index is 10.8. The fourth-order valence-electron chi connectivity index (χ4n) is 1.79. The lowest BCUT2D eigenvalue weighted by Gasteiger charge is -2.09. The predicted molar refractivity (Wildman–Crippen MR) is 64.3 cm³/mol. The summed E-state index contributed by atoms with van der Waals surface area (Å²) in [6, 6.07) is 7.22. The minimum absolute atomic E-state index is 0.00536. The summed E-state index contributed by atoms with van der Waals surface area (Å²) in [5.74, 6) is -0.156. The summed E-state index contributed by atoms with van der Waals surface area (Å²) < 4.78 is 5.47. The van der Waals surface area contributed by atoms with Crippen LogP contribution >= 0.6 is 0 Å². The van der Waals surface area contributed by atoms with Crippen molar-refractivity contribution in [2.24, 2.45) is 0 Å². The lowest BCUT2D eigenvalue weighted by Crippen LogP contribution is -2.02. The van der Waals surface area contributed by atoms with Crippen LogP contribution < -0.4 is 4.74 Å². The Hall–Kier alpha value is -2.10. The van der Waals surface area contributed by atoms with Gasteiger partial charge in [0.15, 0.2) is 0 Å². The second-order valence-corrected chi connectivity index (χ2v) is 3.63. The van der Waals surface area contributed by atoms with Crippen LogP contribution in [0.1, 0.15) is 12.5 Å². The van der Waals surface area contributed by atoms with Gasteiger partial charge in [0, 0.05) is 11.6 Å². The number of ether oxygens (including phenoxy) is 1. The number of carbonyl (C=O) groups is 1. The molecule has 1 heterocycles. The van der Waals surface area contributed by atoms with E-state index in [1.165, 1.54) is 0 Å². The number of hydrogen-bond acceptors (Lipinski definition) is 3. The molecule has 0 bridgehead atoms. The molecule has 0 spiro atoms. The third-order valence-corrected chi connectivity index (χ3v) is 2.46. The molecule has 0 unspecified atom stereocenters. The largest absolute Gasteiger partial charge is 0.492 e. The van der Waals surface area contributed by atoms with Crippen LogP contribution in [0.15, 0.2) is 30.5 Å². The highest BCUT2D eigenvalue weighted by molar-refractivity contribution is 5.90. The first kappa shape index (κ1) is 11.4. The number of fused-ring (bicyclic) bond motifs is 1. The van der Waals surface area contributed by atoms with E-state index < -0.39 is 5.97 Å². The number of nitrogens with zero attached hydrogens (tertiary/aromatic N) is 1. The molecule has 0 aliphatic carbocycles. The van der Waals surface area contributed by atoms with E-state index in [0.29, 0.717) is 17.9 Å². The molecule has 4 heteroatoms. The molecule has 1 N–H and O–H groups in total. The van der Waals surface area contributed by atoms with E-state index in [1.807, 2.05) is 13.0 Å². The van der Waals surface area contributed by atoms with E-state index in [-0.39, 0.29) is 6.42 Å². The molecular formula is C13H13NO3. The van der Waals surface area contributed by atoms with Crippen LogP contribution in [-0.2, 0) is 11.2 Å². The first-order valence-corrected chi connectivity index (χ1v) is 5.43. The molecule has 0 aliphatic rings. The van der Waals surface area contributed by atoms with Crippen LogP contribution in [0.3, 0.4) is 0 Å². The van der Waals surface area contributed by atoms with Gasteiger partial charge in [-0.25, -0.2) is 0 Å². The number of rotatable bonds is 4. The second kappa shape index (κ2) is 4.82.